The second-order valence-electron chi connectivity index (χ2n) is 8.90. The minimum absolute atomic E-state index is 0.0256. The van der Waals surface area contributed by atoms with Crippen LogP contribution in [0.4, 0.5) is 11.8 Å². The zero-order valence-corrected chi connectivity index (χ0v) is 21.3. The molecule has 1 aliphatic heterocycles. The van der Waals surface area contributed by atoms with Crippen LogP contribution in [0.25, 0.3) is 22.6 Å². The second kappa shape index (κ2) is 10.5. The molecule has 4 aromatic rings. The molecule has 196 valence electrons. The van der Waals surface area contributed by atoms with Gasteiger partial charge in [0.25, 0.3) is 0 Å². The van der Waals surface area contributed by atoms with Gasteiger partial charge in [-0.25, -0.2) is 29.7 Å². The highest BCUT2D eigenvalue weighted by molar-refractivity contribution is 5.95. The third kappa shape index (κ3) is 4.88. The minimum Gasteiger partial charge on any atom is -0.378 e. The van der Waals surface area contributed by atoms with Gasteiger partial charge in [0.05, 0.1) is 25.3 Å². The van der Waals surface area contributed by atoms with Gasteiger partial charge in [-0.2, -0.15) is 5.90 Å². The zero-order valence-electron chi connectivity index (χ0n) is 21.3. The number of nitrogens with zero attached hydrogens (tertiary/aromatic N) is 8. The van der Waals surface area contributed by atoms with E-state index in [4.69, 9.17) is 25.6 Å². The highest BCUT2D eigenvalue weighted by atomic mass is 16.7. The Morgan fingerprint density at radius 2 is 1.84 bits per heavy atom. The predicted octanol–water partition coefficient (Wildman–Crippen LogP) is 1.53. The Morgan fingerprint density at radius 1 is 1.11 bits per heavy atom. The molecule has 0 aliphatic carbocycles. The molecule has 0 bridgehead atoms. The van der Waals surface area contributed by atoms with E-state index in [0.29, 0.717) is 67.2 Å². The number of morpholine rings is 1. The molecule has 1 saturated heterocycles. The molecule has 1 aliphatic rings. The number of aryl methyl sites for hydroxylation is 1. The van der Waals surface area contributed by atoms with Crippen LogP contribution < -0.4 is 15.7 Å². The lowest BCUT2D eigenvalue weighted by Crippen LogP contribution is -2.37. The van der Waals surface area contributed by atoms with Crippen LogP contribution in [-0.4, -0.2) is 74.6 Å². The largest absolute Gasteiger partial charge is 0.378 e. The van der Waals surface area contributed by atoms with Gasteiger partial charge in [-0.15, -0.1) is 0 Å². The summed E-state index contributed by atoms with van der Waals surface area (Å²) < 4.78 is 7.46. The molecule has 0 amide bonds. The van der Waals surface area contributed by atoms with Gasteiger partial charge in [-0.05, 0) is 13.0 Å². The maximum absolute atomic E-state index is 12.0. The lowest BCUT2D eigenvalue weighted by atomic mass is 10.1. The fourth-order valence-electron chi connectivity index (χ4n) is 4.21. The summed E-state index contributed by atoms with van der Waals surface area (Å²) in [4.78, 5) is 54.9. The van der Waals surface area contributed by atoms with Crippen LogP contribution in [0.1, 0.15) is 33.5 Å². The Bertz CT molecular complexity index is 1500. The molecule has 13 heteroatoms. The number of carbonyl (C=O) groups is 2. The number of benzene rings is 1. The normalized spacial score (nSPS) is 13.5. The van der Waals surface area contributed by atoms with Gasteiger partial charge in [-0.3, -0.25) is 4.79 Å². The van der Waals surface area contributed by atoms with Crippen molar-refractivity contribution in [2.75, 3.05) is 43.2 Å². The smallest absolute Gasteiger partial charge is 0.359 e. The van der Waals surface area contributed by atoms with E-state index in [0.717, 1.165) is 11.4 Å². The summed E-state index contributed by atoms with van der Waals surface area (Å²) in [6.07, 6.45) is 2.71. The molecule has 0 radical (unpaired) electrons. The Hall–Kier alpha value is -4.49. The number of anilines is 2. The van der Waals surface area contributed by atoms with Crippen LogP contribution in [0.2, 0.25) is 0 Å². The topological polar surface area (TPSA) is 154 Å². The van der Waals surface area contributed by atoms with Gasteiger partial charge in [0.1, 0.15) is 5.82 Å². The highest BCUT2D eigenvalue weighted by Gasteiger charge is 2.23. The number of hydrogen-bond donors (Lipinski definition) is 1. The van der Waals surface area contributed by atoms with Crippen molar-refractivity contribution in [1.29, 1.82) is 0 Å². The average Bonchev–Trinajstić information content (AvgIpc) is 3.27. The van der Waals surface area contributed by atoms with E-state index in [1.165, 1.54) is 19.3 Å². The second-order valence-corrected chi connectivity index (χ2v) is 8.90. The van der Waals surface area contributed by atoms with Crippen molar-refractivity contribution in [3.8, 4) is 11.4 Å². The van der Waals surface area contributed by atoms with Crippen LogP contribution in [0, 0.1) is 0 Å². The van der Waals surface area contributed by atoms with Crippen molar-refractivity contribution in [3.63, 3.8) is 0 Å². The Balaban J connectivity index is 1.54. The summed E-state index contributed by atoms with van der Waals surface area (Å²) in [6.45, 7) is 4.44. The Labute approximate surface area is 218 Å². The molecular formula is C25H27N9O4. The summed E-state index contributed by atoms with van der Waals surface area (Å²) in [6, 6.07) is 7.30. The first kappa shape index (κ1) is 25.2. The SMILES string of the molecule is CC(=O)c1cccc(-c2nc(N3CCOCC3)c3nc(CN(C)c4ncc(C(=O)ON)cn4)n(C)c3n2)c1. The Morgan fingerprint density at radius 3 is 2.53 bits per heavy atom. The molecule has 38 heavy (non-hydrogen) atoms. The summed E-state index contributed by atoms with van der Waals surface area (Å²) in [5.74, 6) is 6.53. The number of hydrogen-bond acceptors (Lipinski definition) is 12. The number of nitrogens with two attached hydrogens (primary N) is 1. The van der Waals surface area contributed by atoms with E-state index in [1.54, 1.807) is 17.0 Å². The molecule has 1 aromatic carbocycles. The molecule has 5 rings (SSSR count). The van der Waals surface area contributed by atoms with Gasteiger partial charge >= 0.3 is 5.97 Å². The van der Waals surface area contributed by atoms with Crippen LogP contribution >= 0.6 is 0 Å². The first-order chi connectivity index (χ1) is 18.4. The van der Waals surface area contributed by atoms with Gasteiger partial charge in [0, 0.05) is 50.7 Å². The fraction of sp³-hybridized carbons (Fsp3) is 0.320. The van der Waals surface area contributed by atoms with E-state index < -0.39 is 5.97 Å². The van der Waals surface area contributed by atoms with E-state index in [1.807, 2.05) is 30.8 Å². The average molecular weight is 518 g/mol. The molecule has 13 nitrogen and oxygen atoms in total. The molecular weight excluding hydrogens is 490 g/mol. The molecule has 0 atom stereocenters. The van der Waals surface area contributed by atoms with E-state index in [9.17, 15) is 9.59 Å². The van der Waals surface area contributed by atoms with Gasteiger partial charge in [0.15, 0.2) is 28.6 Å². The van der Waals surface area contributed by atoms with E-state index >= 15 is 0 Å². The van der Waals surface area contributed by atoms with Crippen molar-refractivity contribution in [2.45, 2.75) is 13.5 Å². The molecule has 0 spiro atoms. The lowest BCUT2D eigenvalue weighted by molar-refractivity contribution is 0.0502. The van der Waals surface area contributed by atoms with Crippen molar-refractivity contribution in [2.24, 2.45) is 12.9 Å². The monoisotopic (exact) mass is 517 g/mol. The van der Waals surface area contributed by atoms with E-state index in [2.05, 4.69) is 19.7 Å². The quantitative estimate of drug-likeness (QED) is 0.279. The first-order valence-electron chi connectivity index (χ1n) is 12.0. The molecule has 1 fully saturated rings. The number of ether oxygens (including phenoxy) is 1. The third-order valence-electron chi connectivity index (χ3n) is 6.33. The van der Waals surface area contributed by atoms with Gasteiger partial charge in [-0.1, -0.05) is 18.2 Å². The van der Waals surface area contributed by atoms with Crippen molar-refractivity contribution < 1.29 is 19.2 Å². The molecule has 0 saturated carbocycles. The van der Waals surface area contributed by atoms with E-state index in [-0.39, 0.29) is 11.3 Å². The molecule has 0 unspecified atom stereocenters. The predicted molar refractivity (Wildman–Crippen MR) is 139 cm³/mol. The van der Waals surface area contributed by atoms with Crippen molar-refractivity contribution in [3.05, 3.63) is 53.6 Å². The molecule has 4 heterocycles. The standard InChI is InChI=1S/C25H27N9O4/c1-15(35)16-5-4-6-17(11-16)21-30-22-20(23(31-21)34-7-9-37-10-8-34)29-19(33(22)3)14-32(2)25-27-12-18(13-28-25)24(36)38-26/h4-6,11-13H,7-10,14,26H2,1-3H3. The number of aromatic nitrogens is 6. The summed E-state index contributed by atoms with van der Waals surface area (Å²) in [7, 11) is 3.72. The summed E-state index contributed by atoms with van der Waals surface area (Å²) in [5.41, 5.74) is 2.83. The van der Waals surface area contributed by atoms with Crippen molar-refractivity contribution in [1.82, 2.24) is 29.5 Å². The zero-order chi connectivity index (χ0) is 26.8. The minimum atomic E-state index is -0.714. The van der Waals surface area contributed by atoms with Gasteiger partial charge < -0.3 is 23.9 Å². The number of Topliss-reactive ketones (excluding diaryl/α,β-unsaturated/α-hetero) is 1. The maximum Gasteiger partial charge on any atom is 0.359 e. The third-order valence-corrected chi connectivity index (χ3v) is 6.33. The number of imidazole rings is 1. The van der Waals surface area contributed by atoms with Crippen LogP contribution in [0.15, 0.2) is 36.7 Å². The first-order valence-corrected chi connectivity index (χ1v) is 12.0. The number of rotatable bonds is 7. The maximum atomic E-state index is 12.0. The highest BCUT2D eigenvalue weighted by Crippen LogP contribution is 2.29. The van der Waals surface area contributed by atoms with Gasteiger partial charge in [0.2, 0.25) is 5.95 Å². The lowest BCUT2D eigenvalue weighted by Gasteiger charge is -2.28. The number of ketones is 1. The fourth-order valence-corrected chi connectivity index (χ4v) is 4.21. The number of fused-ring (bicyclic) bond motifs is 1. The molecule has 3 aromatic heterocycles. The van der Waals surface area contributed by atoms with Crippen molar-refractivity contribution >= 4 is 34.7 Å². The summed E-state index contributed by atoms with van der Waals surface area (Å²) in [5, 5.41) is 0. The summed E-state index contributed by atoms with van der Waals surface area (Å²) >= 11 is 0. The number of carbonyl (C=O) groups excluding carboxylic acids is 2. The van der Waals surface area contributed by atoms with Crippen LogP contribution in [0.3, 0.4) is 0 Å². The van der Waals surface area contributed by atoms with Crippen LogP contribution in [-0.2, 0) is 23.2 Å². The Kier molecular flexibility index (Phi) is 6.94. The van der Waals surface area contributed by atoms with Crippen LogP contribution in [0.5, 0.6) is 0 Å². The molecule has 2 N–H and O–H groups in total.